The van der Waals surface area contributed by atoms with Gasteiger partial charge in [-0.05, 0) is 12.5 Å². The van der Waals surface area contributed by atoms with E-state index in [4.69, 9.17) is 15.9 Å². The number of fused-ring (bicyclic) bond motifs is 2. The summed E-state index contributed by atoms with van der Waals surface area (Å²) >= 11 is 0. The molecule has 2 aliphatic heterocycles. The molecule has 0 aliphatic carbocycles. The van der Waals surface area contributed by atoms with Crippen molar-refractivity contribution in [1.82, 2.24) is 0 Å². The van der Waals surface area contributed by atoms with Gasteiger partial charge in [0.05, 0.1) is 36.6 Å². The molecule has 0 aromatic heterocycles. The predicted molar refractivity (Wildman–Crippen MR) is 71.4 cm³/mol. The highest BCUT2D eigenvalue weighted by molar-refractivity contribution is 5.10. The lowest BCUT2D eigenvalue weighted by Gasteiger charge is -2.30. The van der Waals surface area contributed by atoms with Crippen LogP contribution in [0.3, 0.4) is 0 Å². The Balaban J connectivity index is 1.81. The molecule has 4 heteroatoms. The Labute approximate surface area is 113 Å². The van der Waals surface area contributed by atoms with Crippen LogP contribution in [0, 0.1) is 12.3 Å². The van der Waals surface area contributed by atoms with Crippen molar-refractivity contribution < 1.29 is 19.7 Å². The first-order valence-electron chi connectivity index (χ1n) is 6.56. The molecular weight excluding hydrogens is 244 g/mol. The normalized spacial score (nSPS) is 36.3. The van der Waals surface area contributed by atoms with Crippen LogP contribution in [0.4, 0.5) is 0 Å². The van der Waals surface area contributed by atoms with Gasteiger partial charge in [-0.3, -0.25) is 0 Å². The van der Waals surface area contributed by atoms with Crippen molar-refractivity contribution in [1.29, 1.82) is 0 Å². The molecule has 2 rings (SSSR count). The molecule has 6 atom stereocenters. The fourth-order valence-corrected chi connectivity index (χ4v) is 2.66. The second-order valence-electron chi connectivity index (χ2n) is 5.00. The minimum Gasteiger partial charge on any atom is -0.390 e. The third-order valence-corrected chi connectivity index (χ3v) is 3.69. The maximum absolute atomic E-state index is 9.76. The monoisotopic (exact) mass is 264 g/mol. The SMILES string of the molecule is C#C/C=C/C[C@H]1O[C@@H]2C[C@H]1O[C@H]2CC(O)C(O)C=C. The molecule has 0 saturated carbocycles. The third-order valence-electron chi connectivity index (χ3n) is 3.69. The van der Waals surface area contributed by atoms with Crippen LogP contribution >= 0.6 is 0 Å². The Hall–Kier alpha value is -1.12. The van der Waals surface area contributed by atoms with Gasteiger partial charge >= 0.3 is 0 Å². The Morgan fingerprint density at radius 1 is 1.32 bits per heavy atom. The van der Waals surface area contributed by atoms with Crippen molar-refractivity contribution in [2.75, 3.05) is 0 Å². The summed E-state index contributed by atoms with van der Waals surface area (Å²) in [6.07, 6.45) is 10.2. The van der Waals surface area contributed by atoms with Crippen LogP contribution in [0.1, 0.15) is 19.3 Å². The van der Waals surface area contributed by atoms with E-state index in [0.29, 0.717) is 6.42 Å². The lowest BCUT2D eigenvalue weighted by atomic mass is 10.0. The largest absolute Gasteiger partial charge is 0.390 e. The standard InChI is InChI=1S/C15H20O4/c1-3-5-6-7-12-14-9-15(18-12)13(19-14)8-11(17)10(16)4-2/h1,4-6,10-17H,2,7-9H2/b6-5+/t10?,11?,12-,13+,14-,15-/m1/s1. The second-order valence-corrected chi connectivity index (χ2v) is 5.00. The smallest absolute Gasteiger partial charge is 0.0978 e. The van der Waals surface area contributed by atoms with Crippen molar-refractivity contribution in [2.24, 2.45) is 0 Å². The molecule has 0 aromatic carbocycles. The number of hydrogen-bond donors (Lipinski definition) is 2. The number of rotatable bonds is 6. The van der Waals surface area contributed by atoms with Crippen LogP contribution in [0.25, 0.3) is 0 Å². The van der Waals surface area contributed by atoms with Gasteiger partial charge in [-0.2, -0.15) is 0 Å². The summed E-state index contributed by atoms with van der Waals surface area (Å²) in [5.41, 5.74) is 0. The lowest BCUT2D eigenvalue weighted by molar-refractivity contribution is -0.148. The number of terminal acetylenes is 1. The zero-order chi connectivity index (χ0) is 13.8. The van der Waals surface area contributed by atoms with Gasteiger partial charge < -0.3 is 19.7 Å². The molecule has 2 heterocycles. The summed E-state index contributed by atoms with van der Waals surface area (Å²) < 4.78 is 11.7. The van der Waals surface area contributed by atoms with Crippen molar-refractivity contribution >= 4 is 0 Å². The van der Waals surface area contributed by atoms with Gasteiger partial charge in [-0.1, -0.05) is 18.1 Å². The maximum Gasteiger partial charge on any atom is 0.0978 e. The highest BCUT2D eigenvalue weighted by Gasteiger charge is 2.48. The van der Waals surface area contributed by atoms with E-state index in [1.165, 1.54) is 6.08 Å². The van der Waals surface area contributed by atoms with Crippen molar-refractivity contribution in [3.05, 3.63) is 24.8 Å². The van der Waals surface area contributed by atoms with E-state index in [-0.39, 0.29) is 24.4 Å². The first kappa shape index (κ1) is 14.3. The van der Waals surface area contributed by atoms with Crippen LogP contribution < -0.4 is 0 Å². The summed E-state index contributed by atoms with van der Waals surface area (Å²) in [5, 5.41) is 19.2. The average molecular weight is 264 g/mol. The molecule has 0 radical (unpaired) electrons. The van der Waals surface area contributed by atoms with Crippen LogP contribution in [0.2, 0.25) is 0 Å². The topological polar surface area (TPSA) is 58.9 Å². The molecule has 104 valence electrons. The minimum absolute atomic E-state index is 0.000834. The van der Waals surface area contributed by atoms with Crippen molar-refractivity contribution in [3.8, 4) is 12.3 Å². The quantitative estimate of drug-likeness (QED) is 0.550. The summed E-state index contributed by atoms with van der Waals surface area (Å²) in [7, 11) is 0. The summed E-state index contributed by atoms with van der Waals surface area (Å²) in [6.45, 7) is 3.45. The molecule has 0 amide bonds. The number of aliphatic hydroxyl groups is 2. The highest BCUT2D eigenvalue weighted by atomic mass is 16.6. The number of hydrogen-bond acceptors (Lipinski definition) is 4. The number of aliphatic hydroxyl groups excluding tert-OH is 2. The van der Waals surface area contributed by atoms with Crippen molar-refractivity contribution in [2.45, 2.75) is 55.9 Å². The predicted octanol–water partition coefficient (Wildman–Crippen LogP) is 0.789. The van der Waals surface area contributed by atoms with Gasteiger partial charge in [0.25, 0.3) is 0 Å². The summed E-state index contributed by atoms with van der Waals surface area (Å²) in [4.78, 5) is 0. The van der Waals surface area contributed by atoms with Crippen LogP contribution in [-0.4, -0.2) is 46.8 Å². The van der Waals surface area contributed by atoms with Gasteiger partial charge in [0, 0.05) is 12.8 Å². The zero-order valence-electron chi connectivity index (χ0n) is 10.8. The molecule has 2 unspecified atom stereocenters. The molecule has 2 bridgehead atoms. The van der Waals surface area contributed by atoms with E-state index in [1.807, 2.05) is 6.08 Å². The lowest BCUT2D eigenvalue weighted by Crippen LogP contribution is -2.39. The summed E-state index contributed by atoms with van der Waals surface area (Å²) in [6, 6.07) is 0. The molecule has 2 aliphatic rings. The molecule has 2 fully saturated rings. The van der Waals surface area contributed by atoms with Gasteiger partial charge in [0.15, 0.2) is 0 Å². The van der Waals surface area contributed by atoms with Crippen LogP contribution in [0.15, 0.2) is 24.8 Å². The molecule has 0 spiro atoms. The van der Waals surface area contributed by atoms with E-state index < -0.39 is 12.2 Å². The average Bonchev–Trinajstić information content (AvgIpc) is 2.97. The van der Waals surface area contributed by atoms with Gasteiger partial charge in [0.2, 0.25) is 0 Å². The summed E-state index contributed by atoms with van der Waals surface area (Å²) in [5.74, 6) is 2.44. The molecule has 4 nitrogen and oxygen atoms in total. The van der Waals surface area contributed by atoms with Gasteiger partial charge in [-0.25, -0.2) is 0 Å². The van der Waals surface area contributed by atoms with Crippen molar-refractivity contribution in [3.63, 3.8) is 0 Å². The first-order valence-corrected chi connectivity index (χ1v) is 6.56. The van der Waals surface area contributed by atoms with E-state index in [2.05, 4.69) is 12.5 Å². The maximum atomic E-state index is 9.76. The first-order chi connectivity index (χ1) is 9.15. The number of ether oxygens (including phenoxy) is 2. The Kier molecular flexibility index (Phi) is 4.78. The molecule has 2 saturated heterocycles. The van der Waals surface area contributed by atoms with Crippen LogP contribution in [0.5, 0.6) is 0 Å². The number of allylic oxidation sites excluding steroid dienone is 1. The highest BCUT2D eigenvalue weighted by Crippen LogP contribution is 2.38. The minimum atomic E-state index is -0.919. The van der Waals surface area contributed by atoms with E-state index >= 15 is 0 Å². The van der Waals surface area contributed by atoms with Crippen LogP contribution in [-0.2, 0) is 9.47 Å². The molecular formula is C15H20O4. The molecule has 2 N–H and O–H groups in total. The zero-order valence-corrected chi connectivity index (χ0v) is 10.8. The molecule has 19 heavy (non-hydrogen) atoms. The van der Waals surface area contributed by atoms with E-state index in [1.54, 1.807) is 6.08 Å². The van der Waals surface area contributed by atoms with E-state index in [0.717, 1.165) is 12.8 Å². The fourth-order valence-electron chi connectivity index (χ4n) is 2.66. The second kappa shape index (κ2) is 6.36. The Morgan fingerprint density at radius 3 is 2.58 bits per heavy atom. The fraction of sp³-hybridized carbons (Fsp3) is 0.600. The van der Waals surface area contributed by atoms with Gasteiger partial charge in [0.1, 0.15) is 0 Å². The van der Waals surface area contributed by atoms with E-state index in [9.17, 15) is 10.2 Å². The molecule has 0 aromatic rings. The third kappa shape index (κ3) is 3.26. The Bertz CT molecular complexity index is 384. The van der Waals surface area contributed by atoms with Gasteiger partial charge in [-0.15, -0.1) is 13.0 Å². The Morgan fingerprint density at radius 2 is 2.00 bits per heavy atom.